The summed E-state index contributed by atoms with van der Waals surface area (Å²) in [6, 6.07) is 0. The molecule has 0 fully saturated rings. The average Bonchev–Trinajstić information content (AvgIpc) is 1.39. The SMILES string of the molecule is N#CN.N#CN.S. The molecule has 0 aromatic rings. The third-order valence-electron chi connectivity index (χ3n) is 0. The van der Waals surface area contributed by atoms with Gasteiger partial charge in [0.05, 0.1) is 0 Å². The second kappa shape index (κ2) is 88.0. The van der Waals surface area contributed by atoms with Crippen molar-refractivity contribution in [1.82, 2.24) is 0 Å². The van der Waals surface area contributed by atoms with Crippen molar-refractivity contribution in [2.75, 3.05) is 0 Å². The summed E-state index contributed by atoms with van der Waals surface area (Å²) in [6.07, 6.45) is 2.50. The third-order valence-corrected chi connectivity index (χ3v) is 0. The molecule has 0 heterocycles. The van der Waals surface area contributed by atoms with Crippen LogP contribution in [0, 0.1) is 22.9 Å². The maximum atomic E-state index is 7.10. The molecule has 4 N–H and O–H groups in total. The van der Waals surface area contributed by atoms with Crippen LogP contribution >= 0.6 is 13.5 Å². The third kappa shape index (κ3) is 37.0. The predicted octanol–water partition coefficient (Wildman–Crippen LogP) is -1.03. The molecule has 0 amide bonds. The number of rotatable bonds is 0. The van der Waals surface area contributed by atoms with Crippen molar-refractivity contribution in [2.45, 2.75) is 0 Å². The summed E-state index contributed by atoms with van der Waals surface area (Å²) in [4.78, 5) is 0. The minimum absolute atomic E-state index is 0. The summed E-state index contributed by atoms with van der Waals surface area (Å²) in [6.45, 7) is 0. The zero-order chi connectivity index (χ0) is 5.41. The summed E-state index contributed by atoms with van der Waals surface area (Å²) >= 11 is 0. The highest BCUT2D eigenvalue weighted by Gasteiger charge is 1.12. The first-order valence-electron chi connectivity index (χ1n) is 1.02. The smallest absolute Gasteiger partial charge is 0.173 e. The number of hydrogen-bond acceptors (Lipinski definition) is 4. The van der Waals surface area contributed by atoms with Crippen molar-refractivity contribution in [3.8, 4) is 12.4 Å². The van der Waals surface area contributed by atoms with Gasteiger partial charge in [-0.25, -0.2) is 0 Å². The first-order valence-corrected chi connectivity index (χ1v) is 1.02. The normalized spacial score (nSPS) is 2.00. The van der Waals surface area contributed by atoms with Gasteiger partial charge in [0.25, 0.3) is 0 Å². The molecule has 0 saturated heterocycles. The monoisotopic (exact) mass is 118 g/mol. The molecule has 0 aromatic carbocycles. The van der Waals surface area contributed by atoms with Gasteiger partial charge in [0, 0.05) is 0 Å². The van der Waals surface area contributed by atoms with Crippen molar-refractivity contribution in [1.29, 1.82) is 10.5 Å². The van der Waals surface area contributed by atoms with Crippen LogP contribution in [0.25, 0.3) is 0 Å². The van der Waals surface area contributed by atoms with E-state index in [1.807, 2.05) is 0 Å². The fraction of sp³-hybridized carbons (Fsp3) is 0. The molecule has 0 aliphatic heterocycles. The fourth-order valence-electron chi connectivity index (χ4n) is 0. The van der Waals surface area contributed by atoms with Crippen molar-refractivity contribution < 1.29 is 0 Å². The van der Waals surface area contributed by atoms with Crippen LogP contribution in [0.15, 0.2) is 0 Å². The van der Waals surface area contributed by atoms with Crippen molar-refractivity contribution in [3.63, 3.8) is 0 Å². The lowest BCUT2D eigenvalue weighted by atomic mass is 11.5. The van der Waals surface area contributed by atoms with Gasteiger partial charge in [-0.2, -0.15) is 24.0 Å². The minimum Gasteiger partial charge on any atom is -0.337 e. The molecular weight excluding hydrogens is 112 g/mol. The standard InChI is InChI=1S/2CH2N2.H2S/c2*2-1-3;/h2*2H2;1H2. The molecule has 5 heteroatoms. The van der Waals surface area contributed by atoms with Gasteiger partial charge in [-0.05, 0) is 0 Å². The molecule has 0 aliphatic rings. The van der Waals surface area contributed by atoms with Crippen LogP contribution in [-0.2, 0) is 0 Å². The second-order valence-corrected chi connectivity index (χ2v) is 0.258. The molecule has 0 radical (unpaired) electrons. The Kier molecular flexibility index (Phi) is 211. The van der Waals surface area contributed by atoms with E-state index < -0.39 is 0 Å². The van der Waals surface area contributed by atoms with Gasteiger partial charge < -0.3 is 11.5 Å². The van der Waals surface area contributed by atoms with E-state index in [-0.39, 0.29) is 13.5 Å². The van der Waals surface area contributed by atoms with Crippen LogP contribution in [0.1, 0.15) is 0 Å². The topological polar surface area (TPSA) is 99.6 Å². The van der Waals surface area contributed by atoms with E-state index in [1.165, 1.54) is 12.4 Å². The maximum absolute atomic E-state index is 7.10. The van der Waals surface area contributed by atoms with Gasteiger partial charge in [-0.15, -0.1) is 0 Å². The van der Waals surface area contributed by atoms with E-state index in [2.05, 4.69) is 11.5 Å². The molecule has 0 aliphatic carbocycles. The first kappa shape index (κ1) is 16.8. The Morgan fingerprint density at radius 2 is 1.00 bits per heavy atom. The Morgan fingerprint density at radius 1 is 1.00 bits per heavy atom. The van der Waals surface area contributed by atoms with Gasteiger partial charge in [0.1, 0.15) is 0 Å². The lowest BCUT2D eigenvalue weighted by molar-refractivity contribution is 1.45. The molecule has 0 rings (SSSR count). The van der Waals surface area contributed by atoms with Crippen LogP contribution in [-0.4, -0.2) is 0 Å². The highest BCUT2D eigenvalue weighted by molar-refractivity contribution is 7.59. The molecule has 0 atom stereocenters. The Labute approximate surface area is 48.8 Å². The molecule has 7 heavy (non-hydrogen) atoms. The maximum Gasteiger partial charge on any atom is 0.173 e. The molecular formula is C2H6N4S. The number of nitrogens with zero attached hydrogens (tertiary/aromatic N) is 2. The van der Waals surface area contributed by atoms with Gasteiger partial charge in [0.2, 0.25) is 0 Å². The van der Waals surface area contributed by atoms with E-state index in [0.29, 0.717) is 0 Å². The van der Waals surface area contributed by atoms with Crippen LogP contribution in [0.4, 0.5) is 0 Å². The van der Waals surface area contributed by atoms with Crippen LogP contribution in [0.5, 0.6) is 0 Å². The van der Waals surface area contributed by atoms with Crippen LogP contribution in [0.2, 0.25) is 0 Å². The highest BCUT2D eigenvalue weighted by atomic mass is 32.1. The zero-order valence-corrected chi connectivity index (χ0v) is 4.55. The first-order chi connectivity index (χ1) is 2.83. The van der Waals surface area contributed by atoms with E-state index >= 15 is 0 Å². The molecule has 0 bridgehead atoms. The number of nitriles is 2. The average molecular weight is 118 g/mol. The van der Waals surface area contributed by atoms with Gasteiger partial charge >= 0.3 is 0 Å². The fourth-order valence-corrected chi connectivity index (χ4v) is 0. The van der Waals surface area contributed by atoms with Gasteiger partial charge in [0.15, 0.2) is 12.4 Å². The number of nitrogens with two attached hydrogens (primary N) is 2. The van der Waals surface area contributed by atoms with E-state index in [1.54, 1.807) is 0 Å². The van der Waals surface area contributed by atoms with Crippen LogP contribution in [0.3, 0.4) is 0 Å². The summed E-state index contributed by atoms with van der Waals surface area (Å²) < 4.78 is 0. The molecule has 4 nitrogen and oxygen atoms in total. The summed E-state index contributed by atoms with van der Waals surface area (Å²) in [5, 5.41) is 14.2. The van der Waals surface area contributed by atoms with Crippen molar-refractivity contribution in [2.24, 2.45) is 11.5 Å². The summed E-state index contributed by atoms with van der Waals surface area (Å²) in [7, 11) is 0. The lowest BCUT2D eigenvalue weighted by Gasteiger charge is -1.24. The molecule has 0 unspecified atom stereocenters. The molecule has 0 aromatic heterocycles. The second-order valence-electron chi connectivity index (χ2n) is 0.258. The summed E-state index contributed by atoms with van der Waals surface area (Å²) in [5.74, 6) is 0. The number of hydrogen-bond donors (Lipinski definition) is 2. The lowest BCUT2D eigenvalue weighted by Crippen LogP contribution is -1.69. The van der Waals surface area contributed by atoms with E-state index in [0.717, 1.165) is 0 Å². The van der Waals surface area contributed by atoms with Crippen molar-refractivity contribution in [3.05, 3.63) is 0 Å². The summed E-state index contributed by atoms with van der Waals surface area (Å²) in [5.41, 5.74) is 8.31. The van der Waals surface area contributed by atoms with Crippen molar-refractivity contribution >= 4 is 13.5 Å². The Balaban J connectivity index is -0.0000000400. The Hall–Kier alpha value is -1.07. The predicted molar refractivity (Wildman–Crippen MR) is 30.0 cm³/mol. The Morgan fingerprint density at radius 3 is 1.00 bits per heavy atom. The quantitative estimate of drug-likeness (QED) is 0.313. The Bertz CT molecular complexity index is 64.7. The van der Waals surface area contributed by atoms with Crippen LogP contribution < -0.4 is 11.5 Å². The molecule has 0 spiro atoms. The highest BCUT2D eigenvalue weighted by Crippen LogP contribution is 0.903. The minimum atomic E-state index is 0. The molecule has 40 valence electrons. The van der Waals surface area contributed by atoms with E-state index in [4.69, 9.17) is 10.5 Å². The van der Waals surface area contributed by atoms with Gasteiger partial charge in [-0.1, -0.05) is 0 Å². The molecule has 0 saturated carbocycles. The zero-order valence-electron chi connectivity index (χ0n) is 3.55. The van der Waals surface area contributed by atoms with E-state index in [9.17, 15) is 0 Å². The van der Waals surface area contributed by atoms with Gasteiger partial charge in [-0.3, -0.25) is 0 Å². The largest absolute Gasteiger partial charge is 0.337 e.